The molecule has 2 rings (SSSR count). The quantitative estimate of drug-likeness (QED) is 0.673. The van der Waals surface area contributed by atoms with Crippen LogP contribution >= 0.6 is 0 Å². The highest BCUT2D eigenvalue weighted by Crippen LogP contribution is 2.27. The number of aromatic nitrogens is 2. The summed E-state index contributed by atoms with van der Waals surface area (Å²) in [6.45, 7) is 3.27. The maximum atomic E-state index is 4.31. The highest BCUT2D eigenvalue weighted by Gasteiger charge is 2.31. The normalized spacial score (nSPS) is 29.1. The SMILES string of the molecule is CC1(c2cnccn2)CCCN1. The summed E-state index contributed by atoms with van der Waals surface area (Å²) < 4.78 is 0. The van der Waals surface area contributed by atoms with Crippen molar-refractivity contribution in [3.63, 3.8) is 0 Å². The first-order valence-corrected chi connectivity index (χ1v) is 4.33. The predicted octanol–water partition coefficient (Wildman–Crippen LogP) is 1.08. The van der Waals surface area contributed by atoms with Crippen molar-refractivity contribution >= 4 is 0 Å². The van der Waals surface area contributed by atoms with Crippen LogP contribution in [0.5, 0.6) is 0 Å². The smallest absolute Gasteiger partial charge is 0.0784 e. The minimum absolute atomic E-state index is 0.0637. The van der Waals surface area contributed by atoms with Crippen molar-refractivity contribution in [2.45, 2.75) is 25.3 Å². The van der Waals surface area contributed by atoms with E-state index in [1.807, 2.05) is 6.20 Å². The fraction of sp³-hybridized carbons (Fsp3) is 0.556. The summed E-state index contributed by atoms with van der Waals surface area (Å²) in [6, 6.07) is 0. The lowest BCUT2D eigenvalue weighted by Crippen LogP contribution is -2.34. The Labute approximate surface area is 72.2 Å². The molecule has 0 bridgehead atoms. The molecule has 3 nitrogen and oxygen atoms in total. The molecule has 0 amide bonds. The van der Waals surface area contributed by atoms with E-state index in [0.29, 0.717) is 0 Å². The third-order valence-electron chi connectivity index (χ3n) is 2.50. The molecule has 1 saturated heterocycles. The van der Waals surface area contributed by atoms with E-state index in [1.54, 1.807) is 12.4 Å². The first-order valence-electron chi connectivity index (χ1n) is 4.33. The van der Waals surface area contributed by atoms with Gasteiger partial charge in [-0.05, 0) is 26.3 Å². The van der Waals surface area contributed by atoms with Crippen LogP contribution in [0.25, 0.3) is 0 Å². The molecule has 64 valence electrons. The summed E-state index contributed by atoms with van der Waals surface area (Å²) in [4.78, 5) is 8.38. The van der Waals surface area contributed by atoms with Gasteiger partial charge in [0.15, 0.2) is 0 Å². The fourth-order valence-corrected chi connectivity index (χ4v) is 1.70. The minimum Gasteiger partial charge on any atom is -0.306 e. The van der Waals surface area contributed by atoms with Crippen molar-refractivity contribution in [3.05, 3.63) is 24.3 Å². The molecular formula is C9H13N3. The number of nitrogens with zero attached hydrogens (tertiary/aromatic N) is 2. The monoisotopic (exact) mass is 163 g/mol. The van der Waals surface area contributed by atoms with Gasteiger partial charge in [0, 0.05) is 12.4 Å². The molecule has 1 fully saturated rings. The Morgan fingerprint density at radius 1 is 1.50 bits per heavy atom. The number of nitrogens with one attached hydrogen (secondary N) is 1. The van der Waals surface area contributed by atoms with Crippen LogP contribution in [0.2, 0.25) is 0 Å². The van der Waals surface area contributed by atoms with Gasteiger partial charge in [0.1, 0.15) is 0 Å². The third kappa shape index (κ3) is 1.20. The molecule has 0 spiro atoms. The van der Waals surface area contributed by atoms with Gasteiger partial charge >= 0.3 is 0 Å². The zero-order valence-electron chi connectivity index (χ0n) is 7.25. The van der Waals surface area contributed by atoms with Gasteiger partial charge in [-0.15, -0.1) is 0 Å². The maximum absolute atomic E-state index is 4.31. The average molecular weight is 163 g/mol. The minimum atomic E-state index is 0.0637. The van der Waals surface area contributed by atoms with Crippen LogP contribution in [0.3, 0.4) is 0 Å². The number of rotatable bonds is 1. The summed E-state index contributed by atoms with van der Waals surface area (Å²) in [7, 11) is 0. The maximum Gasteiger partial charge on any atom is 0.0784 e. The van der Waals surface area contributed by atoms with E-state index in [0.717, 1.165) is 18.7 Å². The van der Waals surface area contributed by atoms with Gasteiger partial charge in [0.05, 0.1) is 17.4 Å². The van der Waals surface area contributed by atoms with E-state index in [4.69, 9.17) is 0 Å². The lowest BCUT2D eigenvalue weighted by Gasteiger charge is -2.22. The molecule has 1 aliphatic rings. The van der Waals surface area contributed by atoms with Crippen LogP contribution < -0.4 is 5.32 Å². The molecule has 0 saturated carbocycles. The third-order valence-corrected chi connectivity index (χ3v) is 2.50. The van der Waals surface area contributed by atoms with Gasteiger partial charge in [-0.25, -0.2) is 0 Å². The van der Waals surface area contributed by atoms with Gasteiger partial charge in [-0.1, -0.05) is 0 Å². The zero-order chi connectivity index (χ0) is 8.44. The van der Waals surface area contributed by atoms with Crippen molar-refractivity contribution in [2.24, 2.45) is 0 Å². The Morgan fingerprint density at radius 2 is 2.42 bits per heavy atom. The molecular weight excluding hydrogens is 150 g/mol. The van der Waals surface area contributed by atoms with Crippen LogP contribution in [0.4, 0.5) is 0 Å². The highest BCUT2D eigenvalue weighted by atomic mass is 15.0. The molecule has 1 aliphatic heterocycles. The van der Waals surface area contributed by atoms with E-state index in [2.05, 4.69) is 22.2 Å². The average Bonchev–Trinajstić information content (AvgIpc) is 2.55. The molecule has 3 heteroatoms. The second-order valence-corrected chi connectivity index (χ2v) is 3.45. The molecule has 1 atom stereocenters. The second-order valence-electron chi connectivity index (χ2n) is 3.45. The molecule has 1 aromatic heterocycles. The molecule has 1 unspecified atom stereocenters. The van der Waals surface area contributed by atoms with E-state index in [-0.39, 0.29) is 5.54 Å². The Balaban J connectivity index is 2.29. The van der Waals surface area contributed by atoms with Crippen molar-refractivity contribution < 1.29 is 0 Å². The first-order chi connectivity index (χ1) is 5.81. The van der Waals surface area contributed by atoms with E-state index in [9.17, 15) is 0 Å². The summed E-state index contributed by atoms with van der Waals surface area (Å²) >= 11 is 0. The van der Waals surface area contributed by atoms with E-state index in [1.165, 1.54) is 6.42 Å². The topological polar surface area (TPSA) is 37.8 Å². The van der Waals surface area contributed by atoms with Crippen LogP contribution in [0.1, 0.15) is 25.5 Å². The van der Waals surface area contributed by atoms with Crippen molar-refractivity contribution in [3.8, 4) is 0 Å². The standard InChI is InChI=1S/C9H13N3/c1-9(3-2-4-12-9)8-7-10-5-6-11-8/h5-7,12H,2-4H2,1H3. The zero-order valence-corrected chi connectivity index (χ0v) is 7.25. The molecule has 2 heterocycles. The Hall–Kier alpha value is -0.960. The predicted molar refractivity (Wildman–Crippen MR) is 46.6 cm³/mol. The van der Waals surface area contributed by atoms with Crippen molar-refractivity contribution in [2.75, 3.05) is 6.54 Å². The molecule has 1 aromatic rings. The van der Waals surface area contributed by atoms with Gasteiger partial charge in [-0.3, -0.25) is 9.97 Å². The molecule has 0 aromatic carbocycles. The van der Waals surface area contributed by atoms with E-state index >= 15 is 0 Å². The van der Waals surface area contributed by atoms with Crippen LogP contribution in [0.15, 0.2) is 18.6 Å². The van der Waals surface area contributed by atoms with Gasteiger partial charge in [-0.2, -0.15) is 0 Å². The van der Waals surface area contributed by atoms with Gasteiger partial charge in [0.2, 0.25) is 0 Å². The molecule has 1 N–H and O–H groups in total. The van der Waals surface area contributed by atoms with Crippen LogP contribution in [-0.4, -0.2) is 16.5 Å². The Morgan fingerprint density at radius 3 is 3.00 bits per heavy atom. The summed E-state index contributed by atoms with van der Waals surface area (Å²) in [6.07, 6.45) is 7.69. The summed E-state index contributed by atoms with van der Waals surface area (Å²) in [5.74, 6) is 0. The summed E-state index contributed by atoms with van der Waals surface area (Å²) in [5.41, 5.74) is 1.12. The van der Waals surface area contributed by atoms with Crippen LogP contribution in [-0.2, 0) is 5.54 Å². The van der Waals surface area contributed by atoms with Gasteiger partial charge in [0.25, 0.3) is 0 Å². The van der Waals surface area contributed by atoms with Crippen LogP contribution in [0, 0.1) is 0 Å². The Kier molecular flexibility index (Phi) is 1.81. The fourth-order valence-electron chi connectivity index (χ4n) is 1.70. The van der Waals surface area contributed by atoms with E-state index < -0.39 is 0 Å². The highest BCUT2D eigenvalue weighted by molar-refractivity contribution is 5.11. The van der Waals surface area contributed by atoms with Crippen molar-refractivity contribution in [1.82, 2.24) is 15.3 Å². The molecule has 0 aliphatic carbocycles. The lowest BCUT2D eigenvalue weighted by atomic mass is 9.96. The van der Waals surface area contributed by atoms with Crippen molar-refractivity contribution in [1.29, 1.82) is 0 Å². The molecule has 0 radical (unpaired) electrons. The second kappa shape index (κ2) is 2.83. The lowest BCUT2D eigenvalue weighted by molar-refractivity contribution is 0.420. The van der Waals surface area contributed by atoms with Gasteiger partial charge < -0.3 is 5.32 Å². The largest absolute Gasteiger partial charge is 0.306 e. The number of hydrogen-bond acceptors (Lipinski definition) is 3. The first kappa shape index (κ1) is 7.68. The Bertz CT molecular complexity index is 252. The molecule has 12 heavy (non-hydrogen) atoms. The summed E-state index contributed by atoms with van der Waals surface area (Å²) in [5, 5.41) is 3.45. The number of hydrogen-bond donors (Lipinski definition) is 1.